The average Bonchev–Trinajstić information content (AvgIpc) is 2.68. The third-order valence-electron chi connectivity index (χ3n) is 3.94. The zero-order chi connectivity index (χ0) is 21.8. The fraction of sp³-hybridized carbons (Fsp3) is 0.105. The van der Waals surface area contributed by atoms with E-state index in [1.165, 1.54) is 48.8 Å². The molecule has 0 aliphatic carbocycles. The first-order valence-corrected chi connectivity index (χ1v) is 11.8. The van der Waals surface area contributed by atoms with E-state index in [-0.39, 0.29) is 21.4 Å². The highest BCUT2D eigenvalue weighted by molar-refractivity contribution is 7.92. The van der Waals surface area contributed by atoms with Crippen molar-refractivity contribution in [2.75, 3.05) is 15.8 Å². The predicted molar refractivity (Wildman–Crippen MR) is 111 cm³/mol. The first kappa shape index (κ1) is 21.4. The number of sulfone groups is 1. The lowest BCUT2D eigenvalue weighted by molar-refractivity contribution is -0.113. The Bertz CT molecular complexity index is 1240. The Hall–Kier alpha value is -3.31. The maximum Gasteiger partial charge on any atom is 0.264 e. The van der Waals surface area contributed by atoms with Crippen molar-refractivity contribution < 1.29 is 21.6 Å². The zero-order valence-corrected chi connectivity index (χ0v) is 17.4. The van der Waals surface area contributed by atoms with Crippen LogP contribution in [0.1, 0.15) is 5.56 Å². The first-order chi connectivity index (χ1) is 14.2. The molecule has 0 unspecified atom stereocenters. The third-order valence-corrected chi connectivity index (χ3v) is 6.92. The molecular formula is C19H18N4O5S2. The average molecular weight is 447 g/mol. The number of anilines is 2. The second-order valence-corrected chi connectivity index (χ2v) is 9.99. The summed E-state index contributed by atoms with van der Waals surface area (Å²) >= 11 is 0. The molecule has 1 aromatic heterocycles. The van der Waals surface area contributed by atoms with E-state index in [1.807, 2.05) is 6.92 Å². The lowest BCUT2D eigenvalue weighted by Crippen LogP contribution is -2.23. The number of benzene rings is 2. The molecule has 0 fully saturated rings. The Morgan fingerprint density at radius 2 is 1.43 bits per heavy atom. The Morgan fingerprint density at radius 1 is 0.867 bits per heavy atom. The van der Waals surface area contributed by atoms with E-state index < -0.39 is 31.5 Å². The van der Waals surface area contributed by atoms with Gasteiger partial charge in [-0.3, -0.25) is 4.79 Å². The molecule has 0 bridgehead atoms. The summed E-state index contributed by atoms with van der Waals surface area (Å²) in [4.78, 5) is 19.7. The molecule has 2 aromatic carbocycles. The van der Waals surface area contributed by atoms with Crippen molar-refractivity contribution in [2.45, 2.75) is 16.7 Å². The molecule has 2 N–H and O–H groups in total. The number of aryl methyl sites for hydroxylation is 1. The summed E-state index contributed by atoms with van der Waals surface area (Å²) in [6, 6.07) is 13.0. The van der Waals surface area contributed by atoms with Gasteiger partial charge in [0.1, 0.15) is 5.75 Å². The van der Waals surface area contributed by atoms with E-state index in [9.17, 15) is 21.6 Å². The smallest absolute Gasteiger partial charge is 0.264 e. The Balaban J connectivity index is 1.66. The minimum absolute atomic E-state index is 0.0545. The van der Waals surface area contributed by atoms with Crippen molar-refractivity contribution in [3.05, 3.63) is 72.6 Å². The molecule has 0 saturated carbocycles. The number of carbonyl (C=O) groups excluding carboxylic acids is 1. The minimum atomic E-state index is -3.91. The lowest BCUT2D eigenvalue weighted by Gasteiger charge is -2.09. The number of aromatic nitrogens is 2. The van der Waals surface area contributed by atoms with Gasteiger partial charge in [-0.15, -0.1) is 0 Å². The van der Waals surface area contributed by atoms with E-state index >= 15 is 0 Å². The molecule has 9 nitrogen and oxygen atoms in total. The van der Waals surface area contributed by atoms with Crippen LogP contribution in [0.2, 0.25) is 0 Å². The van der Waals surface area contributed by atoms with Crippen LogP contribution in [0.25, 0.3) is 0 Å². The molecule has 0 aliphatic heterocycles. The van der Waals surface area contributed by atoms with Crippen molar-refractivity contribution in [3.8, 4) is 0 Å². The van der Waals surface area contributed by atoms with E-state index in [0.717, 1.165) is 5.56 Å². The highest BCUT2D eigenvalue weighted by Crippen LogP contribution is 2.17. The first-order valence-electron chi connectivity index (χ1n) is 8.65. The summed E-state index contributed by atoms with van der Waals surface area (Å²) in [6.07, 6.45) is 2.79. The highest BCUT2D eigenvalue weighted by atomic mass is 32.2. The van der Waals surface area contributed by atoms with Crippen LogP contribution in [0.5, 0.6) is 0 Å². The van der Waals surface area contributed by atoms with Gasteiger partial charge in [0.2, 0.25) is 11.9 Å². The minimum Gasteiger partial charge on any atom is -0.325 e. The molecule has 0 saturated heterocycles. The van der Waals surface area contributed by atoms with Gasteiger partial charge in [-0.25, -0.2) is 31.5 Å². The second-order valence-electron chi connectivity index (χ2n) is 6.32. The van der Waals surface area contributed by atoms with E-state index in [1.54, 1.807) is 18.2 Å². The maximum absolute atomic E-state index is 12.3. The van der Waals surface area contributed by atoms with Gasteiger partial charge in [-0.1, -0.05) is 17.7 Å². The van der Waals surface area contributed by atoms with E-state index in [4.69, 9.17) is 0 Å². The van der Waals surface area contributed by atoms with Crippen LogP contribution in [-0.4, -0.2) is 38.5 Å². The quantitative estimate of drug-likeness (QED) is 0.566. The molecule has 0 radical (unpaired) electrons. The number of rotatable bonds is 7. The highest BCUT2D eigenvalue weighted by Gasteiger charge is 2.20. The van der Waals surface area contributed by atoms with Crippen LogP contribution in [0.3, 0.4) is 0 Å². The Labute approximate surface area is 174 Å². The van der Waals surface area contributed by atoms with Gasteiger partial charge in [0, 0.05) is 18.1 Å². The summed E-state index contributed by atoms with van der Waals surface area (Å²) in [5.74, 6) is -1.54. The number of hydrogen-bond donors (Lipinski definition) is 2. The maximum atomic E-state index is 12.3. The monoisotopic (exact) mass is 446 g/mol. The van der Waals surface area contributed by atoms with Crippen molar-refractivity contribution in [1.82, 2.24) is 9.97 Å². The van der Waals surface area contributed by atoms with Crippen LogP contribution in [0, 0.1) is 6.92 Å². The molecule has 3 aromatic rings. The van der Waals surface area contributed by atoms with Gasteiger partial charge in [0.15, 0.2) is 9.84 Å². The zero-order valence-electron chi connectivity index (χ0n) is 15.8. The van der Waals surface area contributed by atoms with Crippen molar-refractivity contribution >= 4 is 37.4 Å². The summed E-state index contributed by atoms with van der Waals surface area (Å²) in [5, 5.41) is 2.45. The number of sulfonamides is 1. The lowest BCUT2D eigenvalue weighted by atomic mass is 10.2. The molecule has 156 valence electrons. The normalized spacial score (nSPS) is 11.6. The predicted octanol–water partition coefficient (Wildman–Crippen LogP) is 2.00. The van der Waals surface area contributed by atoms with Crippen molar-refractivity contribution in [3.63, 3.8) is 0 Å². The fourth-order valence-corrected chi connectivity index (χ4v) is 4.54. The molecule has 1 amide bonds. The molecular weight excluding hydrogens is 428 g/mol. The topological polar surface area (TPSA) is 135 Å². The van der Waals surface area contributed by atoms with Gasteiger partial charge in [0.25, 0.3) is 10.0 Å². The van der Waals surface area contributed by atoms with Crippen LogP contribution in [0.4, 0.5) is 11.6 Å². The molecule has 0 aliphatic rings. The summed E-state index contributed by atoms with van der Waals surface area (Å²) in [5.41, 5.74) is 1.16. The Kier molecular flexibility index (Phi) is 6.13. The largest absolute Gasteiger partial charge is 0.325 e. The van der Waals surface area contributed by atoms with Gasteiger partial charge in [-0.2, -0.15) is 0 Å². The number of amides is 1. The molecule has 3 rings (SSSR count). The molecule has 0 atom stereocenters. The van der Waals surface area contributed by atoms with Gasteiger partial charge in [0.05, 0.1) is 9.79 Å². The standard InChI is InChI=1S/C19H18N4O5S2/c1-14-3-7-16(8-4-14)29(25,26)13-18(24)22-15-5-9-17(10-6-15)30(27,28)23-19-20-11-2-12-21-19/h2-12H,13H2,1H3,(H,22,24)(H,20,21,23). The SMILES string of the molecule is Cc1ccc(S(=O)(=O)CC(=O)Nc2ccc(S(=O)(=O)Nc3ncccn3)cc2)cc1. The van der Waals surface area contributed by atoms with Crippen LogP contribution < -0.4 is 10.0 Å². The molecule has 11 heteroatoms. The van der Waals surface area contributed by atoms with Crippen LogP contribution >= 0.6 is 0 Å². The third kappa shape index (κ3) is 5.39. The molecule has 1 heterocycles. The van der Waals surface area contributed by atoms with Gasteiger partial charge >= 0.3 is 0 Å². The Morgan fingerprint density at radius 3 is 2.03 bits per heavy atom. The molecule has 0 spiro atoms. The number of nitrogens with zero attached hydrogens (tertiary/aromatic N) is 2. The summed E-state index contributed by atoms with van der Waals surface area (Å²) in [6.45, 7) is 1.83. The van der Waals surface area contributed by atoms with Crippen LogP contribution in [0.15, 0.2) is 76.8 Å². The number of hydrogen-bond acceptors (Lipinski definition) is 7. The van der Waals surface area contributed by atoms with E-state index in [2.05, 4.69) is 20.0 Å². The van der Waals surface area contributed by atoms with Gasteiger partial charge in [-0.05, 0) is 49.4 Å². The van der Waals surface area contributed by atoms with Crippen molar-refractivity contribution in [2.24, 2.45) is 0 Å². The van der Waals surface area contributed by atoms with Gasteiger partial charge < -0.3 is 5.32 Å². The van der Waals surface area contributed by atoms with Crippen LogP contribution in [-0.2, 0) is 24.7 Å². The summed E-state index contributed by atoms with van der Waals surface area (Å²) < 4.78 is 51.6. The van der Waals surface area contributed by atoms with Crippen molar-refractivity contribution in [1.29, 1.82) is 0 Å². The molecule has 30 heavy (non-hydrogen) atoms. The van der Waals surface area contributed by atoms with E-state index in [0.29, 0.717) is 0 Å². The second kappa shape index (κ2) is 8.59. The number of nitrogens with one attached hydrogen (secondary N) is 2. The number of carbonyl (C=O) groups is 1. The summed E-state index contributed by atoms with van der Waals surface area (Å²) in [7, 11) is -7.70. The fourth-order valence-electron chi connectivity index (χ4n) is 2.45.